The summed E-state index contributed by atoms with van der Waals surface area (Å²) in [6.07, 6.45) is 2.53. The van der Waals surface area contributed by atoms with E-state index in [4.69, 9.17) is 0 Å². The standard InChI is InChI=1S/C17H24N4O/c1-14(2)13-20(3)17(22)18-11-9-16-10-12-19-21(16)15-7-5-4-6-8-15/h4-8,10,12,14H,9,11,13H2,1-3H3,(H,18,22). The molecule has 5 nitrogen and oxygen atoms in total. The van der Waals surface area contributed by atoms with Crippen LogP contribution in [0, 0.1) is 5.92 Å². The van der Waals surface area contributed by atoms with Gasteiger partial charge in [-0.25, -0.2) is 9.48 Å². The average Bonchev–Trinajstić information content (AvgIpc) is 2.95. The lowest BCUT2D eigenvalue weighted by atomic mass is 10.2. The number of nitrogens with one attached hydrogen (secondary N) is 1. The first-order chi connectivity index (χ1) is 10.6. The van der Waals surface area contributed by atoms with Crippen molar-refractivity contribution in [1.29, 1.82) is 0 Å². The van der Waals surface area contributed by atoms with Gasteiger partial charge in [-0.1, -0.05) is 32.0 Å². The molecule has 22 heavy (non-hydrogen) atoms. The molecule has 0 aliphatic carbocycles. The van der Waals surface area contributed by atoms with Crippen LogP contribution in [0.5, 0.6) is 0 Å². The largest absolute Gasteiger partial charge is 0.338 e. The minimum atomic E-state index is -0.0283. The van der Waals surface area contributed by atoms with Gasteiger partial charge in [-0.05, 0) is 24.1 Å². The van der Waals surface area contributed by atoms with Crippen molar-refractivity contribution in [1.82, 2.24) is 20.0 Å². The molecule has 0 spiro atoms. The highest BCUT2D eigenvalue weighted by Gasteiger charge is 2.10. The number of nitrogens with zero attached hydrogens (tertiary/aromatic N) is 3. The highest BCUT2D eigenvalue weighted by molar-refractivity contribution is 5.73. The Balaban J connectivity index is 1.88. The molecule has 0 aliphatic rings. The van der Waals surface area contributed by atoms with Crippen molar-refractivity contribution >= 4 is 6.03 Å². The quantitative estimate of drug-likeness (QED) is 0.891. The van der Waals surface area contributed by atoms with Gasteiger partial charge in [-0.15, -0.1) is 0 Å². The maximum absolute atomic E-state index is 12.0. The second kappa shape index (κ2) is 7.64. The Morgan fingerprint density at radius 3 is 2.68 bits per heavy atom. The molecule has 118 valence electrons. The van der Waals surface area contributed by atoms with Crippen LogP contribution in [0.4, 0.5) is 4.79 Å². The highest BCUT2D eigenvalue weighted by Crippen LogP contribution is 2.10. The Kier molecular flexibility index (Phi) is 5.58. The van der Waals surface area contributed by atoms with E-state index in [1.54, 1.807) is 11.1 Å². The number of rotatable bonds is 6. The van der Waals surface area contributed by atoms with Crippen molar-refractivity contribution in [3.05, 3.63) is 48.3 Å². The van der Waals surface area contributed by atoms with E-state index in [1.807, 2.05) is 48.1 Å². The zero-order chi connectivity index (χ0) is 15.9. The number of para-hydroxylation sites is 1. The number of benzene rings is 1. The minimum absolute atomic E-state index is 0.0283. The van der Waals surface area contributed by atoms with Gasteiger partial charge in [0.2, 0.25) is 0 Å². The zero-order valence-corrected chi connectivity index (χ0v) is 13.5. The van der Waals surface area contributed by atoms with Crippen LogP contribution in [0.25, 0.3) is 5.69 Å². The summed E-state index contributed by atoms with van der Waals surface area (Å²) >= 11 is 0. The predicted molar refractivity (Wildman–Crippen MR) is 88.1 cm³/mol. The third kappa shape index (κ3) is 4.35. The molecule has 2 amide bonds. The van der Waals surface area contributed by atoms with Crippen LogP contribution >= 0.6 is 0 Å². The Morgan fingerprint density at radius 1 is 1.27 bits per heavy atom. The average molecular weight is 300 g/mol. The van der Waals surface area contributed by atoms with Gasteiger partial charge in [0.15, 0.2) is 0 Å². The lowest BCUT2D eigenvalue weighted by Crippen LogP contribution is -2.40. The summed E-state index contributed by atoms with van der Waals surface area (Å²) in [6.45, 7) is 5.55. The fraction of sp³-hybridized carbons (Fsp3) is 0.412. The maximum Gasteiger partial charge on any atom is 0.317 e. The first-order valence-corrected chi connectivity index (χ1v) is 7.65. The van der Waals surface area contributed by atoms with Crippen molar-refractivity contribution in [3.63, 3.8) is 0 Å². The van der Waals surface area contributed by atoms with Crippen molar-refractivity contribution in [3.8, 4) is 5.69 Å². The molecule has 0 saturated carbocycles. The molecule has 0 saturated heterocycles. The Labute approximate surface area is 131 Å². The van der Waals surface area contributed by atoms with E-state index in [9.17, 15) is 4.79 Å². The van der Waals surface area contributed by atoms with E-state index < -0.39 is 0 Å². The van der Waals surface area contributed by atoms with Crippen LogP contribution in [0.1, 0.15) is 19.5 Å². The molecule has 0 atom stereocenters. The highest BCUT2D eigenvalue weighted by atomic mass is 16.2. The third-order valence-corrected chi connectivity index (χ3v) is 3.36. The number of hydrogen-bond acceptors (Lipinski definition) is 2. The predicted octanol–water partition coefficient (Wildman–Crippen LogP) is 2.71. The van der Waals surface area contributed by atoms with Gasteiger partial charge in [0.25, 0.3) is 0 Å². The molecule has 1 N–H and O–H groups in total. The summed E-state index contributed by atoms with van der Waals surface area (Å²) in [5, 5.41) is 7.30. The van der Waals surface area contributed by atoms with Gasteiger partial charge in [0, 0.05) is 38.4 Å². The molecular formula is C17H24N4O. The van der Waals surface area contributed by atoms with Crippen LogP contribution in [-0.2, 0) is 6.42 Å². The number of amides is 2. The Morgan fingerprint density at radius 2 is 2.00 bits per heavy atom. The summed E-state index contributed by atoms with van der Waals surface area (Å²) in [5.74, 6) is 0.468. The van der Waals surface area contributed by atoms with Gasteiger partial charge in [0.05, 0.1) is 5.69 Å². The van der Waals surface area contributed by atoms with E-state index in [-0.39, 0.29) is 6.03 Å². The molecule has 0 radical (unpaired) electrons. The van der Waals surface area contributed by atoms with Crippen molar-refractivity contribution < 1.29 is 4.79 Å². The van der Waals surface area contributed by atoms with Crippen LogP contribution in [-0.4, -0.2) is 40.8 Å². The third-order valence-electron chi connectivity index (χ3n) is 3.36. The summed E-state index contributed by atoms with van der Waals surface area (Å²) in [5.41, 5.74) is 2.11. The molecule has 1 heterocycles. The summed E-state index contributed by atoms with van der Waals surface area (Å²) in [4.78, 5) is 13.7. The van der Waals surface area contributed by atoms with Gasteiger partial charge in [-0.3, -0.25) is 0 Å². The smallest absolute Gasteiger partial charge is 0.317 e. The molecule has 2 rings (SSSR count). The molecule has 5 heteroatoms. The first kappa shape index (κ1) is 16.1. The van der Waals surface area contributed by atoms with Gasteiger partial charge >= 0.3 is 6.03 Å². The molecule has 2 aromatic rings. The van der Waals surface area contributed by atoms with Crippen LogP contribution in [0.2, 0.25) is 0 Å². The monoisotopic (exact) mass is 300 g/mol. The minimum Gasteiger partial charge on any atom is -0.338 e. The molecule has 1 aromatic carbocycles. The fourth-order valence-electron chi connectivity index (χ4n) is 2.38. The summed E-state index contributed by atoms with van der Waals surface area (Å²) < 4.78 is 1.91. The zero-order valence-electron chi connectivity index (χ0n) is 13.5. The lowest BCUT2D eigenvalue weighted by Gasteiger charge is -2.20. The van der Waals surface area contributed by atoms with E-state index in [1.165, 1.54) is 0 Å². The van der Waals surface area contributed by atoms with Crippen LogP contribution in [0.15, 0.2) is 42.6 Å². The van der Waals surface area contributed by atoms with E-state index in [0.717, 1.165) is 24.3 Å². The van der Waals surface area contributed by atoms with Crippen LogP contribution < -0.4 is 5.32 Å². The normalized spacial score (nSPS) is 10.7. The SMILES string of the molecule is CC(C)CN(C)C(=O)NCCc1ccnn1-c1ccccc1. The maximum atomic E-state index is 12.0. The number of carbonyl (C=O) groups excluding carboxylic acids is 1. The number of hydrogen-bond donors (Lipinski definition) is 1. The second-order valence-electron chi connectivity index (χ2n) is 5.83. The van der Waals surface area contributed by atoms with Gasteiger partial charge in [-0.2, -0.15) is 5.10 Å². The van der Waals surface area contributed by atoms with E-state index in [0.29, 0.717) is 12.5 Å². The van der Waals surface area contributed by atoms with Crippen LogP contribution in [0.3, 0.4) is 0 Å². The van der Waals surface area contributed by atoms with E-state index in [2.05, 4.69) is 24.3 Å². The topological polar surface area (TPSA) is 50.2 Å². The molecule has 0 fully saturated rings. The Bertz CT molecular complexity index is 592. The summed E-state index contributed by atoms with van der Waals surface area (Å²) in [7, 11) is 1.82. The fourth-order valence-corrected chi connectivity index (χ4v) is 2.38. The molecule has 0 bridgehead atoms. The van der Waals surface area contributed by atoms with Gasteiger partial charge < -0.3 is 10.2 Å². The second-order valence-corrected chi connectivity index (χ2v) is 5.83. The van der Waals surface area contributed by atoms with E-state index >= 15 is 0 Å². The van der Waals surface area contributed by atoms with Crippen molar-refractivity contribution in [2.75, 3.05) is 20.1 Å². The molecular weight excluding hydrogens is 276 g/mol. The Hall–Kier alpha value is -2.30. The molecule has 1 aromatic heterocycles. The number of aromatic nitrogens is 2. The van der Waals surface area contributed by atoms with Gasteiger partial charge in [0.1, 0.15) is 0 Å². The lowest BCUT2D eigenvalue weighted by molar-refractivity contribution is 0.203. The molecule has 0 unspecified atom stereocenters. The van der Waals surface area contributed by atoms with Crippen molar-refractivity contribution in [2.24, 2.45) is 5.92 Å². The first-order valence-electron chi connectivity index (χ1n) is 7.65. The van der Waals surface area contributed by atoms with Crippen molar-refractivity contribution in [2.45, 2.75) is 20.3 Å². The number of urea groups is 1. The summed E-state index contributed by atoms with van der Waals surface area (Å²) in [6, 6.07) is 12.0. The molecule has 0 aliphatic heterocycles. The number of carbonyl (C=O) groups is 1.